The van der Waals surface area contributed by atoms with E-state index in [0.29, 0.717) is 12.2 Å². The molecule has 0 fully saturated rings. The fourth-order valence-electron chi connectivity index (χ4n) is 3.04. The highest BCUT2D eigenvalue weighted by Crippen LogP contribution is 2.17. The number of para-hydroxylation sites is 2. The molecule has 0 bridgehead atoms. The molecule has 0 unspecified atom stereocenters. The first-order valence-corrected chi connectivity index (χ1v) is 9.65. The van der Waals surface area contributed by atoms with Gasteiger partial charge in [-0.25, -0.2) is 19.5 Å². The van der Waals surface area contributed by atoms with Gasteiger partial charge >= 0.3 is 0 Å². The van der Waals surface area contributed by atoms with Gasteiger partial charge in [0.15, 0.2) is 5.65 Å². The average Bonchev–Trinajstić information content (AvgIpc) is 3.38. The lowest BCUT2D eigenvalue weighted by Crippen LogP contribution is -2.24. The van der Waals surface area contributed by atoms with Crippen molar-refractivity contribution in [2.75, 3.05) is 0 Å². The van der Waals surface area contributed by atoms with Crippen molar-refractivity contribution in [3.63, 3.8) is 0 Å². The molecule has 8 nitrogen and oxygen atoms in total. The van der Waals surface area contributed by atoms with E-state index in [1.165, 1.54) is 0 Å². The first kappa shape index (κ1) is 17.5. The Hall–Kier alpha value is -3.59. The Morgan fingerprint density at radius 2 is 1.97 bits per heavy atom. The average molecular weight is 448 g/mol. The summed E-state index contributed by atoms with van der Waals surface area (Å²) >= 11 is 3.40. The summed E-state index contributed by atoms with van der Waals surface area (Å²) in [5.74, 6) is 0.539. The lowest BCUT2D eigenvalue weighted by Gasteiger charge is -2.06. The molecule has 0 spiro atoms. The van der Waals surface area contributed by atoms with Crippen molar-refractivity contribution in [3.05, 3.63) is 83.1 Å². The quantitative estimate of drug-likeness (QED) is 0.456. The molecule has 29 heavy (non-hydrogen) atoms. The summed E-state index contributed by atoms with van der Waals surface area (Å²) in [6.45, 7) is 0.327. The number of halogens is 1. The maximum atomic E-state index is 12.4. The Morgan fingerprint density at radius 1 is 1.07 bits per heavy atom. The summed E-state index contributed by atoms with van der Waals surface area (Å²) in [4.78, 5) is 25.5. The number of rotatable bonds is 4. The summed E-state index contributed by atoms with van der Waals surface area (Å²) in [5.41, 5.74) is 3.37. The Kier molecular flexibility index (Phi) is 4.28. The van der Waals surface area contributed by atoms with Crippen molar-refractivity contribution in [2.24, 2.45) is 0 Å². The first-order valence-electron chi connectivity index (χ1n) is 8.85. The van der Waals surface area contributed by atoms with Gasteiger partial charge in [0.05, 0.1) is 15.5 Å². The molecular weight excluding hydrogens is 434 g/mol. The van der Waals surface area contributed by atoms with E-state index in [0.717, 1.165) is 26.9 Å². The molecule has 5 rings (SSSR count). The summed E-state index contributed by atoms with van der Waals surface area (Å²) in [7, 11) is 0. The van der Waals surface area contributed by atoms with Crippen LogP contribution in [0.15, 0.2) is 71.7 Å². The van der Waals surface area contributed by atoms with Gasteiger partial charge in [-0.3, -0.25) is 9.36 Å². The molecule has 9 heteroatoms. The molecule has 0 aliphatic rings. The zero-order valence-electron chi connectivity index (χ0n) is 15.0. The second-order valence-electron chi connectivity index (χ2n) is 6.37. The molecule has 1 aromatic carbocycles. The lowest BCUT2D eigenvalue weighted by atomic mass is 10.2. The van der Waals surface area contributed by atoms with Crippen LogP contribution in [0, 0.1) is 0 Å². The van der Waals surface area contributed by atoms with E-state index in [4.69, 9.17) is 0 Å². The van der Waals surface area contributed by atoms with E-state index in [-0.39, 0.29) is 11.7 Å². The molecule has 0 atom stereocenters. The molecule has 1 N–H and O–H groups in total. The first-order chi connectivity index (χ1) is 14.2. The van der Waals surface area contributed by atoms with E-state index in [2.05, 4.69) is 41.3 Å². The van der Waals surface area contributed by atoms with Crippen molar-refractivity contribution >= 4 is 38.5 Å². The summed E-state index contributed by atoms with van der Waals surface area (Å²) in [5, 5.41) is 7.03. The summed E-state index contributed by atoms with van der Waals surface area (Å²) in [6.07, 6.45) is 5.23. The van der Waals surface area contributed by atoms with Crippen LogP contribution in [0.25, 0.3) is 22.5 Å². The molecular formula is C20H14BrN7O. The third-order valence-corrected chi connectivity index (χ3v) is 5.10. The molecule has 0 saturated heterocycles. The third-order valence-electron chi connectivity index (χ3n) is 4.48. The molecule has 142 valence electrons. The number of carbonyl (C=O) groups is 1. The Labute approximate surface area is 173 Å². The Bertz CT molecular complexity index is 1340. The minimum Gasteiger partial charge on any atom is -0.345 e. The monoisotopic (exact) mass is 447 g/mol. The highest BCUT2D eigenvalue weighted by molar-refractivity contribution is 9.10. The van der Waals surface area contributed by atoms with Gasteiger partial charge in [0, 0.05) is 18.9 Å². The van der Waals surface area contributed by atoms with Gasteiger partial charge in [-0.05, 0) is 51.8 Å². The van der Waals surface area contributed by atoms with E-state index < -0.39 is 0 Å². The number of amides is 1. The zero-order valence-corrected chi connectivity index (χ0v) is 16.6. The molecule has 5 aromatic rings. The van der Waals surface area contributed by atoms with Gasteiger partial charge in [0.1, 0.15) is 12.1 Å². The highest BCUT2D eigenvalue weighted by Gasteiger charge is 2.14. The predicted molar refractivity (Wildman–Crippen MR) is 111 cm³/mol. The van der Waals surface area contributed by atoms with Crippen LogP contribution < -0.4 is 5.32 Å². The fraction of sp³-hybridized carbons (Fsp3) is 0.0500. The number of aromatic nitrogens is 6. The highest BCUT2D eigenvalue weighted by atomic mass is 79.9. The number of nitrogens with zero attached hydrogens (tertiary/aromatic N) is 6. The second kappa shape index (κ2) is 7.10. The van der Waals surface area contributed by atoms with Crippen molar-refractivity contribution < 1.29 is 4.79 Å². The molecule has 0 saturated carbocycles. The predicted octanol–water partition coefficient (Wildman–Crippen LogP) is 3.16. The number of benzene rings is 1. The molecule has 4 aromatic heterocycles. The standard InChI is InChI=1S/C20H14BrN7O/c21-14-4-3-9-28-19(14)25-18(26-28)20(29)23-11-13-7-8-17(22-10-13)27-12-24-15-5-1-2-6-16(15)27/h1-10,12H,11H2,(H,23,29). The van der Waals surface area contributed by atoms with Gasteiger partial charge in [0.2, 0.25) is 5.82 Å². The maximum absolute atomic E-state index is 12.4. The van der Waals surface area contributed by atoms with Gasteiger partial charge in [-0.1, -0.05) is 18.2 Å². The molecule has 0 aliphatic carbocycles. The molecule has 4 heterocycles. The van der Waals surface area contributed by atoms with Gasteiger partial charge in [-0.15, -0.1) is 5.10 Å². The zero-order chi connectivity index (χ0) is 19.8. The molecule has 0 aliphatic heterocycles. The third kappa shape index (κ3) is 3.25. The van der Waals surface area contributed by atoms with E-state index in [9.17, 15) is 4.79 Å². The number of hydrogen-bond donors (Lipinski definition) is 1. The normalized spacial score (nSPS) is 11.2. The van der Waals surface area contributed by atoms with E-state index >= 15 is 0 Å². The SMILES string of the molecule is O=C(NCc1ccc(-n2cnc3ccccc32)nc1)c1nc2c(Br)cccn2n1. The number of imidazole rings is 1. The van der Waals surface area contributed by atoms with E-state index in [1.54, 1.807) is 23.2 Å². The van der Waals surface area contributed by atoms with Gasteiger partial charge in [-0.2, -0.15) is 0 Å². The van der Waals surface area contributed by atoms with Crippen LogP contribution in [0.4, 0.5) is 0 Å². The number of pyridine rings is 2. The second-order valence-corrected chi connectivity index (χ2v) is 7.22. The fourth-order valence-corrected chi connectivity index (χ4v) is 3.46. The Morgan fingerprint density at radius 3 is 2.79 bits per heavy atom. The molecule has 0 radical (unpaired) electrons. The van der Waals surface area contributed by atoms with Crippen LogP contribution in [0.3, 0.4) is 0 Å². The van der Waals surface area contributed by atoms with Crippen molar-refractivity contribution in [1.82, 2.24) is 34.4 Å². The smallest absolute Gasteiger partial charge is 0.291 e. The van der Waals surface area contributed by atoms with Crippen molar-refractivity contribution in [3.8, 4) is 5.82 Å². The Balaban J connectivity index is 1.31. The van der Waals surface area contributed by atoms with Crippen LogP contribution >= 0.6 is 15.9 Å². The molecule has 1 amide bonds. The van der Waals surface area contributed by atoms with Crippen LogP contribution in [0.2, 0.25) is 0 Å². The van der Waals surface area contributed by atoms with Crippen molar-refractivity contribution in [2.45, 2.75) is 6.54 Å². The topological polar surface area (TPSA) is 90.0 Å². The minimum atomic E-state index is -0.342. The number of nitrogens with one attached hydrogen (secondary N) is 1. The summed E-state index contributed by atoms with van der Waals surface area (Å²) in [6, 6.07) is 15.4. The van der Waals surface area contributed by atoms with Gasteiger partial charge in [0.25, 0.3) is 5.91 Å². The van der Waals surface area contributed by atoms with Crippen LogP contribution in [-0.4, -0.2) is 35.0 Å². The van der Waals surface area contributed by atoms with E-state index in [1.807, 2.05) is 53.1 Å². The number of fused-ring (bicyclic) bond motifs is 2. The van der Waals surface area contributed by atoms with Crippen LogP contribution in [0.5, 0.6) is 0 Å². The minimum absolute atomic E-state index is 0.117. The van der Waals surface area contributed by atoms with Gasteiger partial charge < -0.3 is 5.32 Å². The number of hydrogen-bond acceptors (Lipinski definition) is 5. The van der Waals surface area contributed by atoms with Crippen LogP contribution in [0.1, 0.15) is 16.2 Å². The van der Waals surface area contributed by atoms with Crippen molar-refractivity contribution in [1.29, 1.82) is 0 Å². The van der Waals surface area contributed by atoms with Crippen LogP contribution in [-0.2, 0) is 6.54 Å². The largest absolute Gasteiger partial charge is 0.345 e. The maximum Gasteiger partial charge on any atom is 0.291 e. The summed E-state index contributed by atoms with van der Waals surface area (Å²) < 4.78 is 4.26. The lowest BCUT2D eigenvalue weighted by molar-refractivity contribution is 0.0940. The number of carbonyl (C=O) groups excluding carboxylic acids is 1.